The molecule has 5 heteroatoms. The third-order valence-electron chi connectivity index (χ3n) is 6.54. The molecule has 0 aliphatic heterocycles. The second-order valence-corrected chi connectivity index (χ2v) is 9.42. The number of Topliss-reactive ketones (excluding diaryl/α,β-unsaturated/α-hetero) is 2. The fourth-order valence-corrected chi connectivity index (χ4v) is 4.59. The van der Waals surface area contributed by atoms with Gasteiger partial charge in [-0.05, 0) is 60.1 Å². The molecule has 0 saturated carbocycles. The third-order valence-corrected chi connectivity index (χ3v) is 6.54. The van der Waals surface area contributed by atoms with Crippen molar-refractivity contribution in [3.8, 4) is 11.1 Å². The summed E-state index contributed by atoms with van der Waals surface area (Å²) < 4.78 is 0. The van der Waals surface area contributed by atoms with Crippen molar-refractivity contribution in [1.82, 2.24) is 0 Å². The number of carbonyl (C=O) groups excluding carboxylic acids is 3. The summed E-state index contributed by atoms with van der Waals surface area (Å²) in [5.41, 5.74) is 6.00. The van der Waals surface area contributed by atoms with Crippen LogP contribution < -0.4 is 0 Å². The van der Waals surface area contributed by atoms with Gasteiger partial charge in [0, 0.05) is 24.5 Å². The molecule has 2 aromatic carbocycles. The van der Waals surface area contributed by atoms with Crippen LogP contribution in [0.5, 0.6) is 0 Å². The van der Waals surface area contributed by atoms with Gasteiger partial charge in [-0.3, -0.25) is 9.59 Å². The Kier molecular flexibility index (Phi) is 9.95. The van der Waals surface area contributed by atoms with Crippen molar-refractivity contribution < 1.29 is 19.2 Å². The molecule has 0 spiro atoms. The van der Waals surface area contributed by atoms with Gasteiger partial charge in [0.25, 0.3) is 0 Å². The monoisotopic (exact) mass is 475 g/mol. The Labute approximate surface area is 208 Å². The largest absolute Gasteiger partial charge is 0.331 e. The Bertz CT molecular complexity index is 1100. The van der Waals surface area contributed by atoms with E-state index in [9.17, 15) is 14.4 Å². The molecule has 186 valence electrons. The van der Waals surface area contributed by atoms with Crippen LogP contribution in [-0.4, -0.2) is 23.2 Å². The van der Waals surface area contributed by atoms with E-state index in [2.05, 4.69) is 19.0 Å². The van der Waals surface area contributed by atoms with Gasteiger partial charge in [0.15, 0.2) is 5.78 Å². The van der Waals surface area contributed by atoms with Gasteiger partial charge < -0.3 is 4.84 Å². The molecule has 0 aromatic heterocycles. The predicted octanol–water partition coefficient (Wildman–Crippen LogP) is 7.48. The molecule has 2 aromatic rings. The summed E-state index contributed by atoms with van der Waals surface area (Å²) in [6.45, 7) is 5.58. The molecule has 0 amide bonds. The van der Waals surface area contributed by atoms with E-state index in [0.29, 0.717) is 24.8 Å². The van der Waals surface area contributed by atoms with E-state index in [1.807, 2.05) is 36.4 Å². The molecule has 5 nitrogen and oxygen atoms in total. The normalized spacial score (nSPS) is 12.3. The molecule has 0 radical (unpaired) electrons. The van der Waals surface area contributed by atoms with Crippen LogP contribution in [0.25, 0.3) is 11.1 Å². The van der Waals surface area contributed by atoms with Crippen molar-refractivity contribution in [1.29, 1.82) is 0 Å². The summed E-state index contributed by atoms with van der Waals surface area (Å²) in [5.74, 6) is -0.543. The van der Waals surface area contributed by atoms with Gasteiger partial charge in [-0.1, -0.05) is 81.8 Å². The molecule has 3 rings (SSSR count). The molecule has 35 heavy (non-hydrogen) atoms. The van der Waals surface area contributed by atoms with Gasteiger partial charge in [-0.25, -0.2) is 4.79 Å². The zero-order valence-electron chi connectivity index (χ0n) is 21.3. The lowest BCUT2D eigenvalue weighted by molar-refractivity contribution is -0.140. The summed E-state index contributed by atoms with van der Waals surface area (Å²) in [4.78, 5) is 41.9. The van der Waals surface area contributed by atoms with Gasteiger partial charge in [-0.2, -0.15) is 0 Å². The summed E-state index contributed by atoms with van der Waals surface area (Å²) in [7, 11) is 0. The highest BCUT2D eigenvalue weighted by Gasteiger charge is 2.23. The van der Waals surface area contributed by atoms with Crippen LogP contribution in [0.4, 0.5) is 0 Å². The van der Waals surface area contributed by atoms with Crippen LogP contribution in [0.15, 0.2) is 41.6 Å². The number of fused-ring (bicyclic) bond motifs is 3. The highest BCUT2D eigenvalue weighted by Crippen LogP contribution is 2.38. The Morgan fingerprint density at radius 1 is 0.771 bits per heavy atom. The molecular formula is C30H37NO4. The quantitative estimate of drug-likeness (QED) is 0.0796. The van der Waals surface area contributed by atoms with Gasteiger partial charge in [-0.15, -0.1) is 0 Å². The Hall–Kier alpha value is -3.08. The second-order valence-electron chi connectivity index (χ2n) is 9.42. The van der Waals surface area contributed by atoms with E-state index in [4.69, 9.17) is 4.84 Å². The van der Waals surface area contributed by atoms with Crippen molar-refractivity contribution in [2.75, 3.05) is 0 Å². The average molecular weight is 476 g/mol. The summed E-state index contributed by atoms with van der Waals surface area (Å²) in [6, 6.07) is 11.7. The lowest BCUT2D eigenvalue weighted by Gasteiger charge is -2.08. The summed E-state index contributed by atoms with van der Waals surface area (Å²) in [5, 5.41) is 3.88. The maximum Gasteiger partial charge on any atom is 0.331 e. The number of ketones is 2. The molecule has 0 saturated heterocycles. The fraction of sp³-hybridized carbons (Fsp3) is 0.467. The van der Waals surface area contributed by atoms with Crippen LogP contribution in [0.2, 0.25) is 0 Å². The van der Waals surface area contributed by atoms with Crippen molar-refractivity contribution >= 4 is 23.2 Å². The molecule has 0 fully saturated rings. The SMILES string of the molecule is CCCCCCC(=O)c1ccc2c(c1)Cc1cc(C(=O)/C(CCCCCC)=N/OC(C)=O)ccc1-2. The number of benzene rings is 2. The predicted molar refractivity (Wildman–Crippen MR) is 140 cm³/mol. The van der Waals surface area contributed by atoms with Crippen molar-refractivity contribution in [2.45, 2.75) is 91.4 Å². The zero-order chi connectivity index (χ0) is 25.2. The molecule has 0 heterocycles. The van der Waals surface area contributed by atoms with E-state index in [1.165, 1.54) is 13.3 Å². The lowest BCUT2D eigenvalue weighted by Crippen LogP contribution is -2.16. The van der Waals surface area contributed by atoms with E-state index in [0.717, 1.165) is 72.8 Å². The molecule has 0 N–H and O–H groups in total. The molecule has 1 aliphatic rings. The molecule has 0 bridgehead atoms. The standard InChI is InChI=1S/C30H37NO4/c1-4-6-8-10-12-28(31-35-21(3)32)30(34)23-15-17-27-25(19-23)20-24-18-22(14-16-26(24)27)29(33)13-11-9-7-5-2/h14-19H,4-13,20H2,1-3H3/b31-28+. The van der Waals surface area contributed by atoms with Crippen molar-refractivity contribution in [2.24, 2.45) is 5.16 Å². The van der Waals surface area contributed by atoms with Crippen molar-refractivity contribution in [3.63, 3.8) is 0 Å². The number of nitrogens with zero attached hydrogens (tertiary/aromatic N) is 1. The zero-order valence-corrected chi connectivity index (χ0v) is 21.3. The molecule has 0 atom stereocenters. The number of hydrogen-bond acceptors (Lipinski definition) is 5. The molecule has 0 unspecified atom stereocenters. The van der Waals surface area contributed by atoms with Gasteiger partial charge >= 0.3 is 5.97 Å². The smallest absolute Gasteiger partial charge is 0.318 e. The first kappa shape index (κ1) is 26.5. The number of oxime groups is 1. The fourth-order valence-electron chi connectivity index (χ4n) is 4.59. The molecule has 1 aliphatic carbocycles. The second kappa shape index (κ2) is 13.1. The Morgan fingerprint density at radius 2 is 1.34 bits per heavy atom. The first-order valence-electron chi connectivity index (χ1n) is 13.0. The number of carbonyl (C=O) groups is 3. The molecular weight excluding hydrogens is 438 g/mol. The van der Waals surface area contributed by atoms with E-state index >= 15 is 0 Å². The Balaban J connectivity index is 1.74. The summed E-state index contributed by atoms with van der Waals surface area (Å²) in [6.07, 6.45) is 10.1. The van der Waals surface area contributed by atoms with Gasteiger partial charge in [0.05, 0.1) is 0 Å². The van der Waals surface area contributed by atoms with Gasteiger partial charge in [0.1, 0.15) is 5.71 Å². The van der Waals surface area contributed by atoms with E-state index in [-0.39, 0.29) is 17.3 Å². The van der Waals surface area contributed by atoms with E-state index in [1.54, 1.807) is 0 Å². The van der Waals surface area contributed by atoms with Crippen LogP contribution >= 0.6 is 0 Å². The number of rotatable bonds is 14. The minimum absolute atomic E-state index is 0.199. The van der Waals surface area contributed by atoms with E-state index < -0.39 is 5.97 Å². The maximum absolute atomic E-state index is 13.2. The average Bonchev–Trinajstić information content (AvgIpc) is 3.22. The topological polar surface area (TPSA) is 72.8 Å². The van der Waals surface area contributed by atoms with Crippen LogP contribution in [-0.2, 0) is 16.1 Å². The summed E-state index contributed by atoms with van der Waals surface area (Å²) >= 11 is 0. The third kappa shape index (κ3) is 7.20. The van der Waals surface area contributed by atoms with Crippen LogP contribution in [0, 0.1) is 0 Å². The minimum atomic E-state index is -0.538. The van der Waals surface area contributed by atoms with Crippen LogP contribution in [0.1, 0.15) is 117 Å². The minimum Gasteiger partial charge on any atom is -0.318 e. The first-order valence-corrected chi connectivity index (χ1v) is 13.0. The maximum atomic E-state index is 13.2. The highest BCUT2D eigenvalue weighted by atomic mass is 16.7. The first-order chi connectivity index (χ1) is 16.9. The highest BCUT2D eigenvalue weighted by molar-refractivity contribution is 6.46. The Morgan fingerprint density at radius 3 is 1.94 bits per heavy atom. The number of unbranched alkanes of at least 4 members (excludes halogenated alkanes) is 6. The number of hydrogen-bond donors (Lipinski definition) is 0. The van der Waals surface area contributed by atoms with Crippen LogP contribution in [0.3, 0.4) is 0 Å². The van der Waals surface area contributed by atoms with Crippen molar-refractivity contribution in [3.05, 3.63) is 58.7 Å². The van der Waals surface area contributed by atoms with Gasteiger partial charge in [0.2, 0.25) is 5.78 Å². The lowest BCUT2D eigenvalue weighted by atomic mass is 9.97.